The fourth-order valence-corrected chi connectivity index (χ4v) is 5.34. The highest BCUT2D eigenvalue weighted by molar-refractivity contribution is 6.30. The van der Waals surface area contributed by atoms with Gasteiger partial charge in [-0.05, 0) is 74.3 Å². The van der Waals surface area contributed by atoms with Crippen molar-refractivity contribution in [2.24, 2.45) is 23.7 Å². The SMILES string of the molecule is CCCC1CCC(C2CCC(COc3cc(Cl)ccc3OC(F)F)CC2)CC1. The molecule has 0 unspecified atom stereocenters. The van der Waals surface area contributed by atoms with Crippen LogP contribution in [0.2, 0.25) is 5.02 Å². The molecule has 0 aliphatic heterocycles. The maximum Gasteiger partial charge on any atom is 0.387 e. The number of benzene rings is 1. The molecule has 2 nitrogen and oxygen atoms in total. The Kier molecular flexibility index (Phi) is 8.25. The van der Waals surface area contributed by atoms with Crippen LogP contribution in [0.25, 0.3) is 0 Å². The Morgan fingerprint density at radius 2 is 1.54 bits per heavy atom. The van der Waals surface area contributed by atoms with E-state index in [0.29, 0.717) is 23.3 Å². The largest absolute Gasteiger partial charge is 0.489 e. The first-order valence-corrected chi connectivity index (χ1v) is 11.3. The van der Waals surface area contributed by atoms with E-state index in [1.165, 1.54) is 63.5 Å². The van der Waals surface area contributed by atoms with Crippen molar-refractivity contribution in [1.29, 1.82) is 0 Å². The van der Waals surface area contributed by atoms with Gasteiger partial charge in [-0.15, -0.1) is 0 Å². The third-order valence-electron chi connectivity index (χ3n) is 6.74. The van der Waals surface area contributed by atoms with E-state index in [4.69, 9.17) is 16.3 Å². The molecule has 0 N–H and O–H groups in total. The first-order chi connectivity index (χ1) is 13.5. The summed E-state index contributed by atoms with van der Waals surface area (Å²) in [6.07, 6.45) is 13.2. The van der Waals surface area contributed by atoms with Gasteiger partial charge in [-0.3, -0.25) is 0 Å². The first-order valence-electron chi connectivity index (χ1n) is 10.9. The fourth-order valence-electron chi connectivity index (χ4n) is 5.18. The Balaban J connectivity index is 1.43. The van der Waals surface area contributed by atoms with E-state index >= 15 is 0 Å². The molecule has 0 aromatic heterocycles. The van der Waals surface area contributed by atoms with Crippen LogP contribution < -0.4 is 9.47 Å². The predicted molar refractivity (Wildman–Crippen MR) is 109 cm³/mol. The lowest BCUT2D eigenvalue weighted by molar-refractivity contribution is -0.0517. The molecule has 2 aliphatic carbocycles. The minimum atomic E-state index is -2.87. The van der Waals surface area contributed by atoms with E-state index in [1.54, 1.807) is 6.07 Å². The molecule has 5 heteroatoms. The average molecular weight is 415 g/mol. The topological polar surface area (TPSA) is 18.5 Å². The monoisotopic (exact) mass is 414 g/mol. The molecule has 2 saturated carbocycles. The van der Waals surface area contributed by atoms with Gasteiger partial charge in [0, 0.05) is 11.1 Å². The van der Waals surface area contributed by atoms with Crippen LogP contribution in [0.5, 0.6) is 11.5 Å². The summed E-state index contributed by atoms with van der Waals surface area (Å²) >= 11 is 5.99. The van der Waals surface area contributed by atoms with Gasteiger partial charge in [0.1, 0.15) is 0 Å². The maximum atomic E-state index is 12.6. The van der Waals surface area contributed by atoms with Crippen LogP contribution in [0.1, 0.15) is 71.1 Å². The molecule has 0 saturated heterocycles. The molecule has 28 heavy (non-hydrogen) atoms. The molecule has 158 valence electrons. The van der Waals surface area contributed by atoms with E-state index < -0.39 is 6.61 Å². The molecule has 0 amide bonds. The highest BCUT2D eigenvalue weighted by Crippen LogP contribution is 2.42. The van der Waals surface area contributed by atoms with Gasteiger partial charge < -0.3 is 9.47 Å². The van der Waals surface area contributed by atoms with E-state index in [2.05, 4.69) is 11.7 Å². The van der Waals surface area contributed by atoms with Gasteiger partial charge in [0.2, 0.25) is 0 Å². The Hall–Kier alpha value is -1.03. The molecule has 0 atom stereocenters. The lowest BCUT2D eigenvalue weighted by Gasteiger charge is -2.37. The molecule has 2 aliphatic rings. The van der Waals surface area contributed by atoms with Crippen LogP contribution in [0.3, 0.4) is 0 Å². The van der Waals surface area contributed by atoms with Crippen LogP contribution in [-0.2, 0) is 0 Å². The summed E-state index contributed by atoms with van der Waals surface area (Å²) in [7, 11) is 0. The van der Waals surface area contributed by atoms with E-state index in [9.17, 15) is 8.78 Å². The highest BCUT2D eigenvalue weighted by Gasteiger charge is 2.31. The Morgan fingerprint density at radius 3 is 2.11 bits per heavy atom. The van der Waals surface area contributed by atoms with E-state index in [0.717, 1.165) is 30.6 Å². The Labute approximate surface area is 172 Å². The molecule has 2 fully saturated rings. The van der Waals surface area contributed by atoms with Crippen molar-refractivity contribution in [3.63, 3.8) is 0 Å². The molecule has 1 aromatic rings. The summed E-state index contributed by atoms with van der Waals surface area (Å²) < 4.78 is 35.5. The normalized spacial score (nSPS) is 28.3. The van der Waals surface area contributed by atoms with Crippen molar-refractivity contribution in [2.75, 3.05) is 6.61 Å². The highest BCUT2D eigenvalue weighted by atomic mass is 35.5. The molecule has 3 rings (SSSR count). The second-order valence-electron chi connectivity index (χ2n) is 8.63. The third kappa shape index (κ3) is 6.23. The van der Waals surface area contributed by atoms with Crippen LogP contribution >= 0.6 is 11.6 Å². The summed E-state index contributed by atoms with van der Waals surface area (Å²) in [5, 5.41) is 0.457. The molecule has 0 spiro atoms. The maximum absolute atomic E-state index is 12.6. The second-order valence-corrected chi connectivity index (χ2v) is 9.07. The zero-order chi connectivity index (χ0) is 19.9. The second kappa shape index (κ2) is 10.7. The van der Waals surface area contributed by atoms with Crippen molar-refractivity contribution in [2.45, 2.75) is 77.7 Å². The van der Waals surface area contributed by atoms with Gasteiger partial charge >= 0.3 is 6.61 Å². The van der Waals surface area contributed by atoms with Crippen molar-refractivity contribution >= 4 is 11.6 Å². The minimum absolute atomic E-state index is 0.0527. The molecular weight excluding hydrogens is 382 g/mol. The van der Waals surface area contributed by atoms with Gasteiger partial charge in [-0.1, -0.05) is 44.2 Å². The summed E-state index contributed by atoms with van der Waals surface area (Å²) in [6.45, 7) is -0.0384. The Bertz CT molecular complexity index is 594. The molecule has 0 bridgehead atoms. The summed E-state index contributed by atoms with van der Waals surface area (Å²) in [5.74, 6) is 3.58. The zero-order valence-corrected chi connectivity index (χ0v) is 17.6. The Morgan fingerprint density at radius 1 is 0.929 bits per heavy atom. The number of halogens is 3. The summed E-state index contributed by atoms with van der Waals surface area (Å²) in [5.41, 5.74) is 0. The number of hydrogen-bond donors (Lipinski definition) is 0. The average Bonchev–Trinajstić information content (AvgIpc) is 2.69. The van der Waals surface area contributed by atoms with Gasteiger partial charge in [0.05, 0.1) is 6.61 Å². The zero-order valence-electron chi connectivity index (χ0n) is 16.8. The van der Waals surface area contributed by atoms with Crippen molar-refractivity contribution in [3.8, 4) is 11.5 Å². The molecule has 1 aromatic carbocycles. The van der Waals surface area contributed by atoms with Gasteiger partial charge in [0.15, 0.2) is 11.5 Å². The van der Waals surface area contributed by atoms with Crippen molar-refractivity contribution in [3.05, 3.63) is 23.2 Å². The summed E-state index contributed by atoms with van der Waals surface area (Å²) in [4.78, 5) is 0. The lowest BCUT2D eigenvalue weighted by Crippen LogP contribution is -2.27. The number of ether oxygens (including phenoxy) is 2. The molecule has 0 heterocycles. The third-order valence-corrected chi connectivity index (χ3v) is 6.98. The van der Waals surface area contributed by atoms with E-state index in [-0.39, 0.29) is 5.75 Å². The molecule has 0 radical (unpaired) electrons. The fraction of sp³-hybridized carbons (Fsp3) is 0.739. The van der Waals surface area contributed by atoms with Crippen LogP contribution in [-0.4, -0.2) is 13.2 Å². The van der Waals surface area contributed by atoms with Gasteiger partial charge in [-0.2, -0.15) is 8.78 Å². The van der Waals surface area contributed by atoms with Crippen molar-refractivity contribution in [1.82, 2.24) is 0 Å². The van der Waals surface area contributed by atoms with Gasteiger partial charge in [0.25, 0.3) is 0 Å². The summed E-state index contributed by atoms with van der Waals surface area (Å²) in [6, 6.07) is 4.53. The lowest BCUT2D eigenvalue weighted by atomic mass is 9.69. The van der Waals surface area contributed by atoms with Crippen molar-refractivity contribution < 1.29 is 18.3 Å². The first kappa shape index (κ1) is 21.7. The number of rotatable bonds is 8. The number of hydrogen-bond acceptors (Lipinski definition) is 2. The van der Waals surface area contributed by atoms with Crippen LogP contribution in [0.4, 0.5) is 8.78 Å². The quantitative estimate of drug-likeness (QED) is 0.433. The molecular formula is C23H33ClF2O2. The van der Waals surface area contributed by atoms with E-state index in [1.807, 2.05) is 0 Å². The van der Waals surface area contributed by atoms with Gasteiger partial charge in [-0.25, -0.2) is 0 Å². The van der Waals surface area contributed by atoms with Crippen LogP contribution in [0.15, 0.2) is 18.2 Å². The predicted octanol–water partition coefficient (Wildman–Crippen LogP) is 7.73. The smallest absolute Gasteiger partial charge is 0.387 e. The minimum Gasteiger partial charge on any atom is -0.489 e. The van der Waals surface area contributed by atoms with Crippen LogP contribution in [0, 0.1) is 23.7 Å². The standard InChI is InChI=1S/C23H33ClF2O2/c1-2-3-16-4-8-18(9-5-16)19-10-6-17(7-11-19)15-27-22-14-20(24)12-13-21(22)28-23(25)26/h12-14,16-19,23H,2-11,15H2,1H3. The number of alkyl halides is 2.